The standard InChI is InChI=1S/C25H28N4O3S/c1-3-7-18-11-12-22(23(30)16-18)24-20-9-4-5-10-21(20)25(28-27-24)26-19-8-6-13-29(17-19)14-15-33(2,31)32/h4-5,9-12,16,19,30H,6,8,13-15,17H2,1-2H3,(H,26,28)/t19-/m1/s1. The summed E-state index contributed by atoms with van der Waals surface area (Å²) in [7, 11) is -2.98. The number of aromatic nitrogens is 2. The van der Waals surface area contributed by atoms with Crippen LogP contribution in [-0.4, -0.2) is 66.3 Å². The fraction of sp³-hybridized carbons (Fsp3) is 0.360. The van der Waals surface area contributed by atoms with Gasteiger partial charge in [0.25, 0.3) is 0 Å². The Morgan fingerprint density at radius 2 is 1.97 bits per heavy atom. The molecule has 1 aliphatic heterocycles. The maximum absolute atomic E-state index is 11.5. The highest BCUT2D eigenvalue weighted by molar-refractivity contribution is 7.90. The Balaban J connectivity index is 1.60. The van der Waals surface area contributed by atoms with Gasteiger partial charge in [0.1, 0.15) is 21.3 Å². The monoisotopic (exact) mass is 464 g/mol. The van der Waals surface area contributed by atoms with Crippen molar-refractivity contribution in [1.29, 1.82) is 0 Å². The molecule has 0 aliphatic carbocycles. The molecule has 0 spiro atoms. The first-order valence-corrected chi connectivity index (χ1v) is 13.1. The molecule has 1 fully saturated rings. The predicted octanol–water partition coefficient (Wildman–Crippen LogP) is 3.29. The minimum absolute atomic E-state index is 0.115. The van der Waals surface area contributed by atoms with Crippen molar-refractivity contribution in [3.05, 3.63) is 48.0 Å². The third-order valence-electron chi connectivity index (χ3n) is 5.83. The second-order valence-electron chi connectivity index (χ2n) is 8.46. The molecule has 0 radical (unpaired) electrons. The zero-order valence-corrected chi connectivity index (χ0v) is 19.7. The van der Waals surface area contributed by atoms with E-state index in [9.17, 15) is 13.5 Å². The molecule has 3 aromatic rings. The molecule has 2 heterocycles. The van der Waals surface area contributed by atoms with Crippen LogP contribution in [0.5, 0.6) is 5.75 Å². The first kappa shape index (κ1) is 23.0. The van der Waals surface area contributed by atoms with Crippen molar-refractivity contribution in [2.45, 2.75) is 25.8 Å². The number of likely N-dealkylation sites (tertiary alicyclic amines) is 1. The summed E-state index contributed by atoms with van der Waals surface area (Å²) >= 11 is 0. The molecule has 2 N–H and O–H groups in total. The number of aromatic hydroxyl groups is 1. The number of phenols is 1. The van der Waals surface area contributed by atoms with E-state index in [-0.39, 0.29) is 17.5 Å². The summed E-state index contributed by atoms with van der Waals surface area (Å²) in [5.41, 5.74) is 1.96. The van der Waals surface area contributed by atoms with Crippen LogP contribution in [0.2, 0.25) is 0 Å². The molecule has 1 saturated heterocycles. The molecule has 2 aromatic carbocycles. The van der Waals surface area contributed by atoms with Crippen molar-refractivity contribution in [2.24, 2.45) is 0 Å². The van der Waals surface area contributed by atoms with Gasteiger partial charge in [-0.3, -0.25) is 0 Å². The van der Waals surface area contributed by atoms with Gasteiger partial charge < -0.3 is 15.3 Å². The van der Waals surface area contributed by atoms with Gasteiger partial charge in [0, 0.05) is 47.3 Å². The number of rotatable bonds is 6. The van der Waals surface area contributed by atoms with Crippen LogP contribution < -0.4 is 5.32 Å². The lowest BCUT2D eigenvalue weighted by Gasteiger charge is -2.33. The number of hydrogen-bond acceptors (Lipinski definition) is 7. The zero-order valence-electron chi connectivity index (χ0n) is 18.9. The van der Waals surface area contributed by atoms with E-state index in [1.807, 2.05) is 36.4 Å². The fourth-order valence-corrected chi connectivity index (χ4v) is 4.82. The maximum Gasteiger partial charge on any atom is 0.156 e. The van der Waals surface area contributed by atoms with Gasteiger partial charge in [-0.25, -0.2) is 8.42 Å². The Bertz CT molecular complexity index is 1330. The topological polar surface area (TPSA) is 95.4 Å². The summed E-state index contributed by atoms with van der Waals surface area (Å²) in [4.78, 5) is 2.19. The zero-order chi connectivity index (χ0) is 23.4. The number of piperidine rings is 1. The summed E-state index contributed by atoms with van der Waals surface area (Å²) in [5, 5.41) is 24.9. The van der Waals surface area contributed by atoms with Crippen molar-refractivity contribution in [3.63, 3.8) is 0 Å². The van der Waals surface area contributed by atoms with Crippen LogP contribution in [0, 0.1) is 11.8 Å². The molecule has 0 unspecified atom stereocenters. The second kappa shape index (κ2) is 9.77. The lowest BCUT2D eigenvalue weighted by atomic mass is 10.0. The van der Waals surface area contributed by atoms with Crippen molar-refractivity contribution >= 4 is 26.4 Å². The predicted molar refractivity (Wildman–Crippen MR) is 132 cm³/mol. The number of benzene rings is 2. The Labute approximate surface area is 194 Å². The van der Waals surface area contributed by atoms with Gasteiger partial charge in [0.05, 0.1) is 5.75 Å². The third kappa shape index (κ3) is 5.62. The van der Waals surface area contributed by atoms with E-state index in [0.717, 1.165) is 42.3 Å². The lowest BCUT2D eigenvalue weighted by molar-refractivity contribution is 0.227. The lowest BCUT2D eigenvalue weighted by Crippen LogP contribution is -2.43. The van der Waals surface area contributed by atoms with Crippen LogP contribution in [0.25, 0.3) is 22.0 Å². The Morgan fingerprint density at radius 1 is 1.18 bits per heavy atom. The Morgan fingerprint density at radius 3 is 2.70 bits per heavy atom. The van der Waals surface area contributed by atoms with E-state index >= 15 is 0 Å². The number of sulfone groups is 1. The van der Waals surface area contributed by atoms with E-state index in [1.165, 1.54) is 6.26 Å². The molecule has 33 heavy (non-hydrogen) atoms. The number of fused-ring (bicyclic) bond motifs is 1. The molecule has 0 saturated carbocycles. The Hall–Kier alpha value is -3.15. The Kier molecular flexibility index (Phi) is 6.82. The summed E-state index contributed by atoms with van der Waals surface area (Å²) < 4.78 is 23.1. The molecule has 4 rings (SSSR count). The van der Waals surface area contributed by atoms with Crippen molar-refractivity contribution in [2.75, 3.05) is 37.0 Å². The molecule has 1 atom stereocenters. The highest BCUT2D eigenvalue weighted by Gasteiger charge is 2.22. The average Bonchev–Trinajstić information content (AvgIpc) is 2.79. The quantitative estimate of drug-likeness (QED) is 0.541. The summed E-state index contributed by atoms with van der Waals surface area (Å²) in [5.74, 6) is 6.76. The van der Waals surface area contributed by atoms with E-state index in [0.29, 0.717) is 23.6 Å². The molecule has 8 heteroatoms. The van der Waals surface area contributed by atoms with Gasteiger partial charge >= 0.3 is 0 Å². The SMILES string of the molecule is CC#Cc1ccc(-c2nnc(N[C@@H]3CCCN(CCS(C)(=O)=O)C3)c3ccccc23)c(O)c1. The average molecular weight is 465 g/mol. The van der Waals surface area contributed by atoms with E-state index < -0.39 is 9.84 Å². The van der Waals surface area contributed by atoms with E-state index in [1.54, 1.807) is 13.0 Å². The molecule has 0 amide bonds. The largest absolute Gasteiger partial charge is 0.507 e. The first-order valence-electron chi connectivity index (χ1n) is 11.0. The van der Waals surface area contributed by atoms with Gasteiger partial charge in [-0.05, 0) is 44.5 Å². The summed E-state index contributed by atoms with van der Waals surface area (Å²) in [6.07, 6.45) is 3.25. The minimum Gasteiger partial charge on any atom is -0.507 e. The number of nitrogens with zero attached hydrogens (tertiary/aromatic N) is 3. The highest BCUT2D eigenvalue weighted by atomic mass is 32.2. The smallest absolute Gasteiger partial charge is 0.156 e. The van der Waals surface area contributed by atoms with Crippen molar-refractivity contribution in [1.82, 2.24) is 15.1 Å². The second-order valence-corrected chi connectivity index (χ2v) is 10.7. The van der Waals surface area contributed by atoms with Crippen LogP contribution >= 0.6 is 0 Å². The van der Waals surface area contributed by atoms with Gasteiger partial charge in [0.2, 0.25) is 0 Å². The molecule has 1 aliphatic rings. The minimum atomic E-state index is -2.98. The van der Waals surface area contributed by atoms with Gasteiger partial charge in [0.15, 0.2) is 5.82 Å². The molecule has 7 nitrogen and oxygen atoms in total. The number of hydrogen-bond donors (Lipinski definition) is 2. The highest BCUT2D eigenvalue weighted by Crippen LogP contribution is 2.35. The van der Waals surface area contributed by atoms with Crippen LogP contribution in [0.1, 0.15) is 25.3 Å². The van der Waals surface area contributed by atoms with Crippen LogP contribution in [-0.2, 0) is 9.84 Å². The molecule has 0 bridgehead atoms. The van der Waals surface area contributed by atoms with Crippen LogP contribution in [0.3, 0.4) is 0 Å². The molecular formula is C25H28N4O3S. The van der Waals surface area contributed by atoms with Crippen LogP contribution in [0.15, 0.2) is 42.5 Å². The van der Waals surface area contributed by atoms with Gasteiger partial charge in [-0.15, -0.1) is 16.1 Å². The fourth-order valence-electron chi connectivity index (χ4n) is 4.23. The summed E-state index contributed by atoms with van der Waals surface area (Å²) in [6.45, 7) is 3.96. The number of nitrogens with one attached hydrogen (secondary N) is 1. The molecule has 172 valence electrons. The maximum atomic E-state index is 11.5. The third-order valence-corrected chi connectivity index (χ3v) is 6.76. The van der Waals surface area contributed by atoms with Gasteiger partial charge in [-0.2, -0.15) is 0 Å². The molecular weight excluding hydrogens is 436 g/mol. The summed E-state index contributed by atoms with van der Waals surface area (Å²) in [6, 6.07) is 13.3. The number of phenolic OH excluding ortho intramolecular Hbond substituents is 1. The van der Waals surface area contributed by atoms with E-state index in [4.69, 9.17) is 0 Å². The molecule has 1 aromatic heterocycles. The van der Waals surface area contributed by atoms with Crippen LogP contribution in [0.4, 0.5) is 5.82 Å². The number of anilines is 1. The first-order chi connectivity index (χ1) is 15.8. The van der Waals surface area contributed by atoms with Gasteiger partial charge in [-0.1, -0.05) is 30.2 Å². The normalized spacial score (nSPS) is 16.8. The van der Waals surface area contributed by atoms with E-state index in [2.05, 4.69) is 32.3 Å². The van der Waals surface area contributed by atoms with Crippen molar-refractivity contribution in [3.8, 4) is 28.8 Å². The van der Waals surface area contributed by atoms with Crippen molar-refractivity contribution < 1.29 is 13.5 Å².